The third kappa shape index (κ3) is 4.13. The van der Waals surface area contributed by atoms with Gasteiger partial charge in [0.25, 0.3) is 0 Å². The molecule has 1 aliphatic carbocycles. The minimum Gasteiger partial charge on any atom is -0.490 e. The summed E-state index contributed by atoms with van der Waals surface area (Å²) in [5, 5.41) is 9.69. The molecule has 3 aromatic rings. The van der Waals surface area contributed by atoms with E-state index in [0.29, 0.717) is 59.1 Å². The van der Waals surface area contributed by atoms with E-state index in [0.717, 1.165) is 0 Å². The van der Waals surface area contributed by atoms with Crippen molar-refractivity contribution in [2.75, 3.05) is 13.2 Å². The molecule has 0 aliphatic heterocycles. The van der Waals surface area contributed by atoms with Crippen LogP contribution in [0.4, 0.5) is 0 Å². The summed E-state index contributed by atoms with van der Waals surface area (Å²) in [4.78, 5) is 23.3. The molecule has 7 heteroatoms. The van der Waals surface area contributed by atoms with Gasteiger partial charge in [-0.05, 0) is 37.1 Å². The molecule has 0 spiro atoms. The van der Waals surface area contributed by atoms with Gasteiger partial charge in [-0.15, -0.1) is 0 Å². The van der Waals surface area contributed by atoms with Gasteiger partial charge in [-0.2, -0.15) is 0 Å². The zero-order valence-electron chi connectivity index (χ0n) is 15.5. The fraction of sp³-hybridized carbons (Fsp3) is 0.273. The fourth-order valence-electron chi connectivity index (χ4n) is 3.34. The summed E-state index contributed by atoms with van der Waals surface area (Å²) < 4.78 is 17.4. The first kappa shape index (κ1) is 19.5. The van der Waals surface area contributed by atoms with Gasteiger partial charge in [0, 0.05) is 6.07 Å². The second-order valence-corrected chi connectivity index (χ2v) is 7.34. The number of aliphatic carboxylic acids is 1. The van der Waals surface area contributed by atoms with E-state index >= 15 is 0 Å². The summed E-state index contributed by atoms with van der Waals surface area (Å²) in [5.41, 5.74) is 0.800. The molecule has 1 aromatic heterocycles. The molecule has 0 saturated heterocycles. The van der Waals surface area contributed by atoms with Gasteiger partial charge in [0.2, 0.25) is 0 Å². The largest absolute Gasteiger partial charge is 0.490 e. The van der Waals surface area contributed by atoms with E-state index in [2.05, 4.69) is 0 Å². The summed E-state index contributed by atoms with van der Waals surface area (Å²) >= 11 is 6.19. The Bertz CT molecular complexity index is 1100. The predicted octanol–water partition coefficient (Wildman–Crippen LogP) is 4.37. The Balaban J connectivity index is 1.46. The minimum absolute atomic E-state index is 0.0319. The second-order valence-electron chi connectivity index (χ2n) is 6.94. The summed E-state index contributed by atoms with van der Waals surface area (Å²) in [6.45, 7) is 0.642. The number of hydrogen-bond donors (Lipinski definition) is 1. The summed E-state index contributed by atoms with van der Waals surface area (Å²) in [6.07, 6.45) is 1.04. The van der Waals surface area contributed by atoms with Crippen LogP contribution in [0.2, 0.25) is 5.02 Å². The van der Waals surface area contributed by atoms with E-state index in [1.807, 2.05) is 12.1 Å². The molecule has 0 amide bonds. The van der Waals surface area contributed by atoms with Crippen LogP contribution in [0.15, 0.2) is 57.7 Å². The summed E-state index contributed by atoms with van der Waals surface area (Å²) in [5.74, 6) is -0.144. The van der Waals surface area contributed by atoms with Crippen molar-refractivity contribution in [1.29, 1.82) is 0 Å². The van der Waals surface area contributed by atoms with Crippen LogP contribution in [0.1, 0.15) is 12.8 Å². The maximum Gasteiger partial charge on any atom is 0.306 e. The van der Waals surface area contributed by atoms with Crippen LogP contribution in [0.3, 0.4) is 0 Å². The second kappa shape index (κ2) is 8.27. The number of ether oxygens (including phenoxy) is 2. The number of halogens is 1. The van der Waals surface area contributed by atoms with Gasteiger partial charge in [0.1, 0.15) is 18.1 Å². The molecule has 0 unspecified atom stereocenters. The van der Waals surface area contributed by atoms with E-state index in [9.17, 15) is 9.59 Å². The Morgan fingerprint density at radius 1 is 1.14 bits per heavy atom. The molecule has 150 valence electrons. The van der Waals surface area contributed by atoms with E-state index in [-0.39, 0.29) is 17.5 Å². The lowest BCUT2D eigenvalue weighted by Crippen LogP contribution is -2.37. The van der Waals surface area contributed by atoms with Crippen molar-refractivity contribution < 1.29 is 23.8 Å². The number of benzene rings is 2. The highest BCUT2D eigenvalue weighted by Crippen LogP contribution is 2.33. The van der Waals surface area contributed by atoms with Crippen molar-refractivity contribution in [2.45, 2.75) is 18.9 Å². The topological polar surface area (TPSA) is 86.0 Å². The van der Waals surface area contributed by atoms with Gasteiger partial charge in [-0.3, -0.25) is 9.59 Å². The van der Waals surface area contributed by atoms with Crippen LogP contribution in [0.25, 0.3) is 22.3 Å². The molecule has 6 nitrogen and oxygen atoms in total. The normalized spacial score (nSPS) is 18.4. The third-order valence-corrected chi connectivity index (χ3v) is 5.30. The number of hydrogen-bond acceptors (Lipinski definition) is 5. The third-order valence-electron chi connectivity index (χ3n) is 5.00. The number of carbonyl (C=O) groups is 1. The zero-order valence-corrected chi connectivity index (χ0v) is 16.2. The Morgan fingerprint density at radius 3 is 2.72 bits per heavy atom. The zero-order chi connectivity index (χ0) is 20.4. The van der Waals surface area contributed by atoms with Crippen LogP contribution < -0.4 is 10.2 Å². The van der Waals surface area contributed by atoms with Gasteiger partial charge in [-0.25, -0.2) is 0 Å². The Morgan fingerprint density at radius 2 is 1.93 bits per heavy atom. The average molecular weight is 415 g/mol. The first-order chi connectivity index (χ1) is 14.0. The van der Waals surface area contributed by atoms with E-state index in [1.54, 1.807) is 30.3 Å². The molecule has 29 heavy (non-hydrogen) atoms. The monoisotopic (exact) mass is 414 g/mol. The van der Waals surface area contributed by atoms with Crippen molar-refractivity contribution in [2.24, 2.45) is 5.92 Å². The molecule has 1 aliphatic rings. The molecule has 1 saturated carbocycles. The van der Waals surface area contributed by atoms with Gasteiger partial charge in [-0.1, -0.05) is 29.8 Å². The fourth-order valence-corrected chi connectivity index (χ4v) is 3.55. The number of carboxylic acids is 1. The van der Waals surface area contributed by atoms with Crippen molar-refractivity contribution in [1.82, 2.24) is 0 Å². The van der Waals surface area contributed by atoms with Gasteiger partial charge in [0.05, 0.1) is 34.6 Å². The highest BCUT2D eigenvalue weighted by Gasteiger charge is 2.34. The lowest BCUT2D eigenvalue weighted by atomic mass is 9.82. The van der Waals surface area contributed by atoms with Gasteiger partial charge >= 0.3 is 5.97 Å². The molecule has 0 radical (unpaired) electrons. The highest BCUT2D eigenvalue weighted by molar-refractivity contribution is 6.34. The van der Waals surface area contributed by atoms with Crippen LogP contribution >= 0.6 is 11.6 Å². The molecule has 2 aromatic carbocycles. The van der Waals surface area contributed by atoms with Crippen molar-refractivity contribution in [3.63, 3.8) is 0 Å². The van der Waals surface area contributed by atoms with Gasteiger partial charge < -0.3 is 19.0 Å². The van der Waals surface area contributed by atoms with Crippen LogP contribution in [-0.4, -0.2) is 30.4 Å². The van der Waals surface area contributed by atoms with Crippen LogP contribution in [0.5, 0.6) is 5.75 Å². The molecule has 1 fully saturated rings. The number of carboxylic acid groups (broad SMARTS) is 1. The number of rotatable bonds is 7. The van der Waals surface area contributed by atoms with Crippen LogP contribution in [0, 0.1) is 5.92 Å². The molecule has 1 heterocycles. The minimum atomic E-state index is -0.771. The average Bonchev–Trinajstić information content (AvgIpc) is 2.67. The molecule has 0 atom stereocenters. The maximum atomic E-state index is 12.5. The molecular formula is C22H19ClO6. The van der Waals surface area contributed by atoms with Gasteiger partial charge in [0.15, 0.2) is 11.0 Å². The van der Waals surface area contributed by atoms with E-state index in [1.165, 1.54) is 6.07 Å². The maximum absolute atomic E-state index is 12.5. The predicted molar refractivity (Wildman–Crippen MR) is 109 cm³/mol. The lowest BCUT2D eigenvalue weighted by molar-refractivity contribution is -0.151. The molecule has 0 bridgehead atoms. The Labute approximate surface area is 171 Å². The summed E-state index contributed by atoms with van der Waals surface area (Å²) in [6, 6.07) is 13.7. The molecule has 4 rings (SSSR count). The first-order valence-electron chi connectivity index (χ1n) is 9.32. The molecular weight excluding hydrogens is 396 g/mol. The standard InChI is InChI=1S/C22H19ClO6/c23-17-6-3-5-15-18(24)12-20(29-21(15)17)16-4-1-2-7-19(16)28-9-8-27-14-10-13(11-14)22(25)26/h1-7,12-14H,8-11H2,(H,25,26). The van der Waals surface area contributed by atoms with Crippen LogP contribution in [-0.2, 0) is 9.53 Å². The first-order valence-corrected chi connectivity index (χ1v) is 9.69. The van der Waals surface area contributed by atoms with E-state index < -0.39 is 5.97 Å². The Kier molecular flexibility index (Phi) is 5.56. The number of para-hydroxylation sites is 2. The quantitative estimate of drug-likeness (QED) is 0.578. The number of fused-ring (bicyclic) bond motifs is 1. The summed E-state index contributed by atoms with van der Waals surface area (Å²) in [7, 11) is 0. The lowest BCUT2D eigenvalue weighted by Gasteiger charge is -2.32. The SMILES string of the molecule is O=C(O)C1CC(OCCOc2ccccc2-c2cc(=O)c3cccc(Cl)c3o2)C1. The van der Waals surface area contributed by atoms with Crippen molar-refractivity contribution >= 4 is 28.5 Å². The van der Waals surface area contributed by atoms with Crippen molar-refractivity contribution in [3.05, 3.63) is 63.8 Å². The Hall–Kier alpha value is -2.83. The van der Waals surface area contributed by atoms with Crippen molar-refractivity contribution in [3.8, 4) is 17.1 Å². The van der Waals surface area contributed by atoms with E-state index in [4.69, 9.17) is 30.6 Å². The molecule has 1 N–H and O–H groups in total. The smallest absolute Gasteiger partial charge is 0.306 e. The highest BCUT2D eigenvalue weighted by atomic mass is 35.5.